The van der Waals surface area contributed by atoms with Crippen LogP contribution in [0.4, 0.5) is 20.4 Å². The van der Waals surface area contributed by atoms with Crippen LogP contribution in [0.5, 0.6) is 0 Å². The van der Waals surface area contributed by atoms with Gasteiger partial charge in [0.15, 0.2) is 23.3 Å². The van der Waals surface area contributed by atoms with Crippen LogP contribution in [0.25, 0.3) is 0 Å². The Hall–Kier alpha value is -2.18. The van der Waals surface area contributed by atoms with Gasteiger partial charge in [0.25, 0.3) is 0 Å². The summed E-state index contributed by atoms with van der Waals surface area (Å²) in [6.07, 6.45) is 0.759. The maximum atomic E-state index is 13.6. The average Bonchev–Trinajstić information content (AvgIpc) is 2.75. The van der Waals surface area contributed by atoms with Crippen LogP contribution in [0.15, 0.2) is 12.1 Å². The Kier molecular flexibility index (Phi) is 4.72. The summed E-state index contributed by atoms with van der Waals surface area (Å²) >= 11 is 0. The third-order valence-electron chi connectivity index (χ3n) is 3.11. The minimum Gasteiger partial charge on any atom is -0.371 e. The van der Waals surface area contributed by atoms with Gasteiger partial charge in [-0.05, 0) is 26.3 Å². The SMILES string of the molecule is CNc1nc(NCCCn2nc(C)cc2C)c(F)cc1F. The molecule has 0 atom stereocenters. The largest absolute Gasteiger partial charge is 0.371 e. The normalized spacial score (nSPS) is 10.7. The zero-order valence-electron chi connectivity index (χ0n) is 12.4. The standard InChI is InChI=1S/C14H19F2N5/c1-9-7-10(2)21(20-9)6-4-5-18-14-12(16)8-11(15)13(17-3)19-14/h7-8H,4-6H2,1-3H3,(H2,17,18,19). The van der Waals surface area contributed by atoms with Crippen LogP contribution in [-0.4, -0.2) is 28.4 Å². The third-order valence-corrected chi connectivity index (χ3v) is 3.11. The first-order chi connectivity index (χ1) is 10.0. The van der Waals surface area contributed by atoms with Crippen molar-refractivity contribution in [3.8, 4) is 0 Å². The van der Waals surface area contributed by atoms with E-state index in [2.05, 4.69) is 20.7 Å². The van der Waals surface area contributed by atoms with Crippen molar-refractivity contribution in [1.29, 1.82) is 0 Å². The van der Waals surface area contributed by atoms with Crippen LogP contribution in [0.2, 0.25) is 0 Å². The lowest BCUT2D eigenvalue weighted by Gasteiger charge is -2.10. The Labute approximate surface area is 122 Å². The summed E-state index contributed by atoms with van der Waals surface area (Å²) < 4.78 is 28.8. The minimum atomic E-state index is -0.705. The molecule has 0 saturated carbocycles. The van der Waals surface area contributed by atoms with Crippen molar-refractivity contribution >= 4 is 11.6 Å². The molecule has 0 aliphatic heterocycles. The van der Waals surface area contributed by atoms with E-state index in [1.54, 1.807) is 0 Å². The van der Waals surface area contributed by atoms with Crippen molar-refractivity contribution in [3.63, 3.8) is 0 Å². The van der Waals surface area contributed by atoms with E-state index < -0.39 is 11.6 Å². The molecule has 0 bridgehead atoms. The van der Waals surface area contributed by atoms with Crippen molar-refractivity contribution in [3.05, 3.63) is 35.2 Å². The summed E-state index contributed by atoms with van der Waals surface area (Å²) in [5.41, 5.74) is 2.07. The Morgan fingerprint density at radius 3 is 2.48 bits per heavy atom. The minimum absolute atomic E-state index is 0.0254. The number of hydrogen-bond donors (Lipinski definition) is 2. The number of aromatic nitrogens is 3. The topological polar surface area (TPSA) is 54.8 Å². The molecular weight excluding hydrogens is 276 g/mol. The molecule has 2 aromatic rings. The molecule has 0 radical (unpaired) electrons. The van der Waals surface area contributed by atoms with Gasteiger partial charge in [0.05, 0.1) is 5.69 Å². The van der Waals surface area contributed by atoms with Crippen molar-refractivity contribution in [2.75, 3.05) is 24.2 Å². The number of halogens is 2. The van der Waals surface area contributed by atoms with Crippen molar-refractivity contribution < 1.29 is 8.78 Å². The van der Waals surface area contributed by atoms with E-state index in [4.69, 9.17) is 0 Å². The summed E-state index contributed by atoms with van der Waals surface area (Å²) in [5, 5.41) is 9.81. The first kappa shape index (κ1) is 15.2. The van der Waals surface area contributed by atoms with Crippen LogP contribution >= 0.6 is 0 Å². The van der Waals surface area contributed by atoms with Gasteiger partial charge in [0.2, 0.25) is 0 Å². The first-order valence-corrected chi connectivity index (χ1v) is 6.80. The number of nitrogens with zero attached hydrogens (tertiary/aromatic N) is 3. The van der Waals surface area contributed by atoms with E-state index in [1.807, 2.05) is 24.6 Å². The molecule has 0 fully saturated rings. The predicted octanol–water partition coefficient (Wildman–Crippen LogP) is 2.72. The molecule has 2 aromatic heterocycles. The highest BCUT2D eigenvalue weighted by Crippen LogP contribution is 2.18. The number of aryl methyl sites for hydroxylation is 3. The molecule has 5 nitrogen and oxygen atoms in total. The second-order valence-electron chi connectivity index (χ2n) is 4.83. The number of nitrogens with one attached hydrogen (secondary N) is 2. The quantitative estimate of drug-likeness (QED) is 0.805. The second kappa shape index (κ2) is 6.51. The van der Waals surface area contributed by atoms with Gasteiger partial charge in [-0.2, -0.15) is 5.10 Å². The van der Waals surface area contributed by atoms with Crippen LogP contribution < -0.4 is 10.6 Å². The molecule has 2 heterocycles. The zero-order chi connectivity index (χ0) is 15.4. The van der Waals surface area contributed by atoms with Gasteiger partial charge < -0.3 is 10.6 Å². The van der Waals surface area contributed by atoms with Gasteiger partial charge >= 0.3 is 0 Å². The number of hydrogen-bond acceptors (Lipinski definition) is 4. The molecule has 114 valence electrons. The third kappa shape index (κ3) is 3.68. The Morgan fingerprint density at radius 1 is 1.14 bits per heavy atom. The van der Waals surface area contributed by atoms with Crippen molar-refractivity contribution in [2.45, 2.75) is 26.8 Å². The van der Waals surface area contributed by atoms with E-state index >= 15 is 0 Å². The van der Waals surface area contributed by atoms with E-state index in [0.717, 1.165) is 30.4 Å². The highest BCUT2D eigenvalue weighted by molar-refractivity contribution is 5.47. The summed E-state index contributed by atoms with van der Waals surface area (Å²) in [4.78, 5) is 3.86. The fourth-order valence-corrected chi connectivity index (χ4v) is 2.10. The average molecular weight is 295 g/mol. The van der Waals surface area contributed by atoms with Gasteiger partial charge in [-0.25, -0.2) is 13.8 Å². The van der Waals surface area contributed by atoms with Gasteiger partial charge in [0.1, 0.15) is 0 Å². The summed E-state index contributed by atoms with van der Waals surface area (Å²) in [6, 6.07) is 2.83. The molecular formula is C14H19F2N5. The second-order valence-corrected chi connectivity index (χ2v) is 4.83. The van der Waals surface area contributed by atoms with Gasteiger partial charge in [-0.1, -0.05) is 0 Å². The molecule has 0 unspecified atom stereocenters. The van der Waals surface area contributed by atoms with Crippen LogP contribution in [-0.2, 0) is 6.54 Å². The lowest BCUT2D eigenvalue weighted by Crippen LogP contribution is -2.11. The number of anilines is 2. The molecule has 0 aromatic carbocycles. The highest BCUT2D eigenvalue weighted by atomic mass is 19.1. The monoisotopic (exact) mass is 295 g/mol. The summed E-state index contributed by atoms with van der Waals surface area (Å²) in [5.74, 6) is -1.33. The van der Waals surface area contributed by atoms with Gasteiger partial charge in [0, 0.05) is 31.9 Å². The van der Waals surface area contributed by atoms with Crippen LogP contribution in [0.3, 0.4) is 0 Å². The molecule has 2 N–H and O–H groups in total. The molecule has 0 aliphatic carbocycles. The van der Waals surface area contributed by atoms with Crippen LogP contribution in [0, 0.1) is 25.5 Å². The zero-order valence-corrected chi connectivity index (χ0v) is 12.4. The van der Waals surface area contributed by atoms with Crippen LogP contribution in [0.1, 0.15) is 17.8 Å². The Balaban J connectivity index is 1.90. The Bertz CT molecular complexity index is 624. The van der Waals surface area contributed by atoms with E-state index in [-0.39, 0.29) is 11.6 Å². The van der Waals surface area contributed by atoms with E-state index in [9.17, 15) is 8.78 Å². The number of rotatable bonds is 6. The lowest BCUT2D eigenvalue weighted by molar-refractivity contribution is 0.565. The molecule has 2 rings (SSSR count). The summed E-state index contributed by atoms with van der Waals surface area (Å²) in [7, 11) is 1.54. The first-order valence-electron chi connectivity index (χ1n) is 6.80. The maximum Gasteiger partial charge on any atom is 0.168 e. The maximum absolute atomic E-state index is 13.6. The number of pyridine rings is 1. The molecule has 21 heavy (non-hydrogen) atoms. The molecule has 7 heteroatoms. The predicted molar refractivity (Wildman–Crippen MR) is 78.5 cm³/mol. The lowest BCUT2D eigenvalue weighted by atomic mass is 10.3. The van der Waals surface area contributed by atoms with Gasteiger partial charge in [-0.15, -0.1) is 0 Å². The van der Waals surface area contributed by atoms with Crippen molar-refractivity contribution in [1.82, 2.24) is 14.8 Å². The van der Waals surface area contributed by atoms with Gasteiger partial charge in [-0.3, -0.25) is 4.68 Å². The molecule has 0 saturated heterocycles. The fourth-order valence-electron chi connectivity index (χ4n) is 2.10. The van der Waals surface area contributed by atoms with Crippen molar-refractivity contribution in [2.24, 2.45) is 0 Å². The van der Waals surface area contributed by atoms with E-state index in [0.29, 0.717) is 6.54 Å². The molecule has 0 aliphatic rings. The highest BCUT2D eigenvalue weighted by Gasteiger charge is 2.10. The molecule has 0 amide bonds. The fraction of sp³-hybridized carbons (Fsp3) is 0.429. The smallest absolute Gasteiger partial charge is 0.168 e. The molecule has 0 spiro atoms. The Morgan fingerprint density at radius 2 is 1.86 bits per heavy atom. The van der Waals surface area contributed by atoms with E-state index in [1.165, 1.54) is 7.05 Å². The summed E-state index contributed by atoms with van der Waals surface area (Å²) in [6.45, 7) is 5.19.